The molecule has 0 aliphatic rings. The van der Waals surface area contributed by atoms with Crippen LogP contribution in [-0.4, -0.2) is 40.8 Å². The molecule has 0 aliphatic carbocycles. The highest BCUT2D eigenvalue weighted by Crippen LogP contribution is 2.21. The molecule has 106 valence electrons. The number of nitrogens with zero attached hydrogens (tertiary/aromatic N) is 6. The van der Waals surface area contributed by atoms with Crippen LogP contribution >= 0.6 is 0 Å². The third kappa shape index (κ3) is 3.07. The van der Waals surface area contributed by atoms with E-state index in [4.69, 9.17) is 5.11 Å². The predicted molar refractivity (Wildman–Crippen MR) is 64.8 cm³/mol. The SMILES string of the molecule is Cn1cc([N+](=O)[O-])c(NCc2cn(CC(=O)O)nn2)n1. The van der Waals surface area contributed by atoms with Crippen molar-refractivity contribution in [2.45, 2.75) is 13.1 Å². The van der Waals surface area contributed by atoms with Crippen LogP contribution in [0.2, 0.25) is 0 Å². The fourth-order valence-corrected chi connectivity index (χ4v) is 1.55. The van der Waals surface area contributed by atoms with Crippen LogP contribution in [0.4, 0.5) is 11.5 Å². The van der Waals surface area contributed by atoms with Crippen LogP contribution in [0.1, 0.15) is 5.69 Å². The number of aliphatic carboxylic acids is 1. The predicted octanol–water partition coefficient (Wildman–Crippen LogP) is -0.384. The normalized spacial score (nSPS) is 10.4. The van der Waals surface area contributed by atoms with Crippen molar-refractivity contribution in [3.8, 4) is 0 Å². The Bertz CT molecular complexity index is 647. The maximum absolute atomic E-state index is 10.8. The molecule has 0 atom stereocenters. The highest BCUT2D eigenvalue weighted by molar-refractivity contribution is 5.66. The maximum atomic E-state index is 10.8. The van der Waals surface area contributed by atoms with E-state index >= 15 is 0 Å². The molecular weight excluding hydrogens is 270 g/mol. The van der Waals surface area contributed by atoms with E-state index in [1.807, 2.05) is 0 Å². The van der Waals surface area contributed by atoms with Crippen LogP contribution < -0.4 is 5.32 Å². The van der Waals surface area contributed by atoms with Gasteiger partial charge in [-0.3, -0.25) is 19.6 Å². The number of hydrogen-bond acceptors (Lipinski definition) is 7. The summed E-state index contributed by atoms with van der Waals surface area (Å²) in [4.78, 5) is 20.7. The van der Waals surface area contributed by atoms with Crippen LogP contribution in [0.5, 0.6) is 0 Å². The standard InChI is InChI=1S/C9H11N7O4/c1-14-4-7(16(19)20)9(12-14)10-2-6-3-15(13-11-6)5-8(17)18/h3-4H,2,5H2,1H3,(H,10,12)(H,17,18). The third-order valence-corrected chi connectivity index (χ3v) is 2.33. The molecule has 0 bridgehead atoms. The summed E-state index contributed by atoms with van der Waals surface area (Å²) in [5.41, 5.74) is 0.302. The highest BCUT2D eigenvalue weighted by atomic mass is 16.6. The molecule has 0 amide bonds. The lowest BCUT2D eigenvalue weighted by molar-refractivity contribution is -0.384. The van der Waals surface area contributed by atoms with Crippen molar-refractivity contribution in [1.82, 2.24) is 24.8 Å². The molecule has 0 aliphatic heterocycles. The number of anilines is 1. The summed E-state index contributed by atoms with van der Waals surface area (Å²) in [6.07, 6.45) is 2.72. The number of hydrogen-bond donors (Lipinski definition) is 2. The van der Waals surface area contributed by atoms with Gasteiger partial charge < -0.3 is 10.4 Å². The minimum Gasteiger partial charge on any atom is -0.480 e. The summed E-state index contributed by atoms with van der Waals surface area (Å²) >= 11 is 0. The largest absolute Gasteiger partial charge is 0.480 e. The van der Waals surface area contributed by atoms with Gasteiger partial charge in [0.05, 0.1) is 17.7 Å². The van der Waals surface area contributed by atoms with Gasteiger partial charge in [-0.1, -0.05) is 5.21 Å². The average Bonchev–Trinajstić information content (AvgIpc) is 2.92. The zero-order valence-electron chi connectivity index (χ0n) is 10.4. The van der Waals surface area contributed by atoms with Gasteiger partial charge in [0.2, 0.25) is 5.82 Å². The Balaban J connectivity index is 2.03. The molecule has 0 saturated carbocycles. The Morgan fingerprint density at radius 3 is 2.95 bits per heavy atom. The van der Waals surface area contributed by atoms with Crippen molar-refractivity contribution >= 4 is 17.5 Å². The van der Waals surface area contributed by atoms with Crippen molar-refractivity contribution in [1.29, 1.82) is 0 Å². The van der Waals surface area contributed by atoms with Gasteiger partial charge in [-0.15, -0.1) is 10.2 Å². The molecule has 2 N–H and O–H groups in total. The van der Waals surface area contributed by atoms with Crippen molar-refractivity contribution < 1.29 is 14.8 Å². The van der Waals surface area contributed by atoms with Crippen LogP contribution in [0.3, 0.4) is 0 Å². The first-order valence-corrected chi connectivity index (χ1v) is 5.48. The van der Waals surface area contributed by atoms with Crippen LogP contribution in [0, 0.1) is 10.1 Å². The van der Waals surface area contributed by atoms with E-state index in [1.54, 1.807) is 7.05 Å². The molecule has 2 aromatic rings. The van der Waals surface area contributed by atoms with Gasteiger partial charge in [0.15, 0.2) is 0 Å². The van der Waals surface area contributed by atoms with E-state index in [0.717, 1.165) is 4.68 Å². The fraction of sp³-hybridized carbons (Fsp3) is 0.333. The molecule has 11 heteroatoms. The minimum absolute atomic E-state index is 0.116. The molecule has 2 aromatic heterocycles. The first-order chi connectivity index (χ1) is 9.45. The second kappa shape index (κ2) is 5.34. The maximum Gasteiger partial charge on any atom is 0.330 e. The average molecular weight is 281 g/mol. The van der Waals surface area contributed by atoms with Crippen molar-refractivity contribution in [2.24, 2.45) is 7.05 Å². The molecule has 0 radical (unpaired) electrons. The summed E-state index contributed by atoms with van der Waals surface area (Å²) in [5.74, 6) is -0.917. The Morgan fingerprint density at radius 1 is 1.55 bits per heavy atom. The van der Waals surface area contributed by atoms with Crippen LogP contribution in [0.15, 0.2) is 12.4 Å². The summed E-state index contributed by atoms with van der Waals surface area (Å²) in [7, 11) is 1.57. The van der Waals surface area contributed by atoms with E-state index in [9.17, 15) is 14.9 Å². The number of carboxylic acids is 1. The lowest BCUT2D eigenvalue weighted by Gasteiger charge is -1.98. The molecule has 11 nitrogen and oxygen atoms in total. The van der Waals surface area contributed by atoms with E-state index < -0.39 is 10.9 Å². The quantitative estimate of drug-likeness (QED) is 0.539. The second-order valence-corrected chi connectivity index (χ2v) is 3.95. The first-order valence-electron chi connectivity index (χ1n) is 5.48. The molecule has 2 heterocycles. The van der Waals surface area contributed by atoms with Gasteiger partial charge in [-0.25, -0.2) is 4.68 Å². The molecule has 0 unspecified atom stereocenters. The summed E-state index contributed by atoms with van der Waals surface area (Å²) in [6.45, 7) is -0.145. The van der Waals surface area contributed by atoms with Gasteiger partial charge in [0.25, 0.3) is 0 Å². The lowest BCUT2D eigenvalue weighted by Crippen LogP contribution is -2.09. The van der Waals surface area contributed by atoms with E-state index in [0.29, 0.717) is 5.69 Å². The van der Waals surface area contributed by atoms with Crippen molar-refractivity contribution in [2.75, 3.05) is 5.32 Å². The van der Waals surface area contributed by atoms with Gasteiger partial charge in [-0.05, 0) is 0 Å². The Labute approximate surface area is 112 Å². The lowest BCUT2D eigenvalue weighted by atomic mass is 10.4. The smallest absolute Gasteiger partial charge is 0.330 e. The van der Waals surface area contributed by atoms with E-state index in [-0.39, 0.29) is 24.6 Å². The third-order valence-electron chi connectivity index (χ3n) is 2.33. The zero-order chi connectivity index (χ0) is 14.7. The molecule has 20 heavy (non-hydrogen) atoms. The van der Waals surface area contributed by atoms with Crippen molar-refractivity contribution in [3.05, 3.63) is 28.2 Å². The number of aryl methyl sites for hydroxylation is 1. The van der Waals surface area contributed by atoms with E-state index in [2.05, 4.69) is 20.7 Å². The van der Waals surface area contributed by atoms with Gasteiger partial charge in [-0.2, -0.15) is 0 Å². The zero-order valence-corrected chi connectivity index (χ0v) is 10.4. The van der Waals surface area contributed by atoms with E-state index in [1.165, 1.54) is 17.1 Å². The Morgan fingerprint density at radius 2 is 2.30 bits per heavy atom. The molecule has 0 spiro atoms. The minimum atomic E-state index is -1.03. The Kier molecular flexibility index (Phi) is 3.59. The molecular formula is C9H11N7O4. The molecule has 0 fully saturated rings. The molecule has 0 saturated heterocycles. The van der Waals surface area contributed by atoms with Crippen LogP contribution in [-0.2, 0) is 24.9 Å². The van der Waals surface area contributed by atoms with Gasteiger partial charge in [0.1, 0.15) is 18.4 Å². The number of nitrogens with one attached hydrogen (secondary N) is 1. The summed E-state index contributed by atoms with van der Waals surface area (Å²) in [5, 5.41) is 33.4. The van der Waals surface area contributed by atoms with Gasteiger partial charge >= 0.3 is 11.7 Å². The van der Waals surface area contributed by atoms with Gasteiger partial charge in [0, 0.05) is 7.05 Å². The second-order valence-electron chi connectivity index (χ2n) is 3.95. The number of carbonyl (C=O) groups is 1. The number of aromatic nitrogens is 5. The van der Waals surface area contributed by atoms with Crippen molar-refractivity contribution in [3.63, 3.8) is 0 Å². The fourth-order valence-electron chi connectivity index (χ4n) is 1.55. The highest BCUT2D eigenvalue weighted by Gasteiger charge is 2.18. The number of carboxylic acid groups (broad SMARTS) is 1. The number of rotatable bonds is 6. The number of nitro groups is 1. The monoisotopic (exact) mass is 281 g/mol. The molecule has 2 rings (SSSR count). The summed E-state index contributed by atoms with van der Waals surface area (Å²) in [6, 6.07) is 0. The first kappa shape index (κ1) is 13.5. The topological polar surface area (TPSA) is 141 Å². The Hall–Kier alpha value is -2.98. The summed E-state index contributed by atoms with van der Waals surface area (Å²) < 4.78 is 2.48. The van der Waals surface area contributed by atoms with Crippen LogP contribution in [0.25, 0.3) is 0 Å². The molecule has 0 aromatic carbocycles.